The smallest absolute Gasteiger partial charge is 0.355 e. The number of carbonyl (C=O) groups is 2. The van der Waals surface area contributed by atoms with Crippen molar-refractivity contribution in [1.29, 1.82) is 0 Å². The Morgan fingerprint density at radius 3 is 2.22 bits per heavy atom. The average molecular weight is 533 g/mol. The molecule has 1 aromatic carbocycles. The number of hydrogen-bond donors (Lipinski definition) is 2. The number of nitrogen functional groups attached to an aromatic ring is 1. The summed E-state index contributed by atoms with van der Waals surface area (Å²) in [7, 11) is 2.34. The zero-order valence-electron chi connectivity index (χ0n) is 21.5. The number of nitrogens with two attached hydrogens (primary N) is 1. The van der Waals surface area contributed by atoms with Gasteiger partial charge < -0.3 is 29.7 Å². The third-order valence-corrected chi connectivity index (χ3v) is 7.28. The van der Waals surface area contributed by atoms with Gasteiger partial charge in [0, 0.05) is 50.6 Å². The van der Waals surface area contributed by atoms with Gasteiger partial charge >= 0.3 is 11.9 Å². The molecule has 0 fully saturated rings. The molecular weight excluding hydrogens is 500 g/mol. The third-order valence-electron chi connectivity index (χ3n) is 5.95. The Bertz CT molecular complexity index is 1390. The van der Waals surface area contributed by atoms with Gasteiger partial charge in [-0.25, -0.2) is 9.59 Å². The minimum atomic E-state index is -3.86. The SMILES string of the molecule is COC(=O)c1c(CCOS(=O)(=O)c2ccc(C)cc2)c(N)cn1C.COC(=O)c1c2c(cn1C)NCC2. The van der Waals surface area contributed by atoms with Crippen molar-refractivity contribution in [2.75, 3.05) is 38.4 Å². The Morgan fingerprint density at radius 2 is 1.59 bits per heavy atom. The van der Waals surface area contributed by atoms with Crippen LogP contribution in [-0.2, 0) is 50.7 Å². The predicted molar refractivity (Wildman–Crippen MR) is 138 cm³/mol. The van der Waals surface area contributed by atoms with Crippen molar-refractivity contribution in [2.45, 2.75) is 24.7 Å². The van der Waals surface area contributed by atoms with Crippen molar-refractivity contribution in [3.8, 4) is 0 Å². The lowest BCUT2D eigenvalue weighted by Gasteiger charge is -2.08. The van der Waals surface area contributed by atoms with E-state index in [0.717, 1.165) is 29.8 Å². The van der Waals surface area contributed by atoms with E-state index in [1.807, 2.05) is 24.7 Å². The van der Waals surface area contributed by atoms with Crippen molar-refractivity contribution in [3.05, 3.63) is 64.7 Å². The molecule has 0 saturated carbocycles. The van der Waals surface area contributed by atoms with Crippen molar-refractivity contribution >= 4 is 33.4 Å². The molecule has 1 aliphatic heterocycles. The van der Waals surface area contributed by atoms with Crippen molar-refractivity contribution in [2.24, 2.45) is 14.1 Å². The summed E-state index contributed by atoms with van der Waals surface area (Å²) in [5.41, 5.74) is 10.8. The van der Waals surface area contributed by atoms with Gasteiger partial charge in [-0.15, -0.1) is 0 Å². The van der Waals surface area contributed by atoms with Crippen LogP contribution in [0.2, 0.25) is 0 Å². The molecule has 37 heavy (non-hydrogen) atoms. The summed E-state index contributed by atoms with van der Waals surface area (Å²) in [6.45, 7) is 2.65. The van der Waals surface area contributed by atoms with Crippen LogP contribution in [0.4, 0.5) is 11.4 Å². The second-order valence-electron chi connectivity index (χ2n) is 8.50. The molecule has 3 N–H and O–H groups in total. The molecular formula is C25H32N4O7S. The molecule has 11 nitrogen and oxygen atoms in total. The van der Waals surface area contributed by atoms with Gasteiger partial charge in [-0.2, -0.15) is 8.42 Å². The fourth-order valence-electron chi connectivity index (χ4n) is 4.12. The van der Waals surface area contributed by atoms with E-state index in [1.165, 1.54) is 26.4 Å². The van der Waals surface area contributed by atoms with Gasteiger partial charge in [0.05, 0.1) is 37.1 Å². The summed E-state index contributed by atoms with van der Waals surface area (Å²) in [6.07, 6.45) is 4.58. The maximum absolute atomic E-state index is 12.1. The molecule has 0 unspecified atom stereocenters. The number of fused-ring (bicyclic) bond motifs is 1. The zero-order valence-corrected chi connectivity index (χ0v) is 22.3. The molecule has 3 aromatic rings. The Morgan fingerprint density at radius 1 is 1.00 bits per heavy atom. The van der Waals surface area contributed by atoms with Gasteiger partial charge in [0.15, 0.2) is 0 Å². The monoisotopic (exact) mass is 532 g/mol. The first-order valence-electron chi connectivity index (χ1n) is 11.5. The largest absolute Gasteiger partial charge is 0.464 e. The third kappa shape index (κ3) is 6.15. The van der Waals surface area contributed by atoms with Crippen LogP contribution in [0.3, 0.4) is 0 Å². The molecule has 12 heteroatoms. The minimum absolute atomic E-state index is 0.0855. The maximum atomic E-state index is 12.1. The molecule has 2 aromatic heterocycles. The van der Waals surface area contributed by atoms with E-state index in [-0.39, 0.29) is 29.6 Å². The lowest BCUT2D eigenvalue weighted by Crippen LogP contribution is -2.13. The van der Waals surface area contributed by atoms with Gasteiger partial charge in [-0.1, -0.05) is 17.7 Å². The van der Waals surface area contributed by atoms with Gasteiger partial charge in [-0.3, -0.25) is 4.18 Å². The first-order valence-corrected chi connectivity index (χ1v) is 12.9. The number of nitrogens with one attached hydrogen (secondary N) is 1. The zero-order chi connectivity index (χ0) is 27.3. The van der Waals surface area contributed by atoms with Crippen LogP contribution in [0.5, 0.6) is 0 Å². The first kappa shape index (κ1) is 27.8. The number of carbonyl (C=O) groups excluding carboxylic acids is 2. The number of nitrogens with zero attached hydrogens (tertiary/aromatic N) is 2. The van der Waals surface area contributed by atoms with Crippen LogP contribution in [0.15, 0.2) is 41.6 Å². The number of methoxy groups -OCH3 is 2. The second kappa shape index (κ2) is 11.5. The average Bonchev–Trinajstić information content (AvgIpc) is 3.51. The fourth-order valence-corrected chi connectivity index (χ4v) is 5.03. The van der Waals surface area contributed by atoms with Gasteiger partial charge in [-0.05, 0) is 25.5 Å². The molecule has 0 amide bonds. The first-order chi connectivity index (χ1) is 17.5. The number of anilines is 2. The van der Waals surface area contributed by atoms with Crippen LogP contribution in [0, 0.1) is 6.92 Å². The number of aryl methyl sites for hydroxylation is 3. The highest BCUT2D eigenvalue weighted by Crippen LogP contribution is 2.27. The van der Waals surface area contributed by atoms with Crippen LogP contribution in [-0.4, -0.2) is 56.9 Å². The highest BCUT2D eigenvalue weighted by Gasteiger charge is 2.24. The lowest BCUT2D eigenvalue weighted by molar-refractivity contribution is 0.0579. The minimum Gasteiger partial charge on any atom is -0.464 e. The summed E-state index contributed by atoms with van der Waals surface area (Å²) < 4.78 is 42.1. The summed E-state index contributed by atoms with van der Waals surface area (Å²) >= 11 is 0. The molecule has 1 aliphatic rings. The van der Waals surface area contributed by atoms with E-state index in [4.69, 9.17) is 19.4 Å². The summed E-state index contributed by atoms with van der Waals surface area (Å²) in [5.74, 6) is -0.793. The molecule has 0 bridgehead atoms. The molecule has 3 heterocycles. The number of esters is 2. The van der Waals surface area contributed by atoms with Crippen LogP contribution < -0.4 is 11.1 Å². The second-order valence-corrected chi connectivity index (χ2v) is 10.1. The number of ether oxygens (including phenoxy) is 2. The summed E-state index contributed by atoms with van der Waals surface area (Å²) in [6, 6.07) is 6.37. The van der Waals surface area contributed by atoms with Crippen LogP contribution in [0.25, 0.3) is 0 Å². The molecule has 0 aliphatic carbocycles. The van der Waals surface area contributed by atoms with E-state index in [2.05, 4.69) is 5.32 Å². The number of hydrogen-bond acceptors (Lipinski definition) is 9. The number of aromatic nitrogens is 2. The van der Waals surface area contributed by atoms with Gasteiger partial charge in [0.25, 0.3) is 10.1 Å². The van der Waals surface area contributed by atoms with E-state index in [1.54, 1.807) is 29.9 Å². The number of rotatable bonds is 7. The summed E-state index contributed by atoms with van der Waals surface area (Å²) in [5, 5.41) is 3.21. The van der Waals surface area contributed by atoms with Crippen molar-refractivity contribution < 1.29 is 31.7 Å². The van der Waals surface area contributed by atoms with Crippen LogP contribution >= 0.6 is 0 Å². The van der Waals surface area contributed by atoms with E-state index < -0.39 is 16.1 Å². The highest BCUT2D eigenvalue weighted by atomic mass is 32.2. The van der Waals surface area contributed by atoms with Crippen molar-refractivity contribution in [3.63, 3.8) is 0 Å². The highest BCUT2D eigenvalue weighted by molar-refractivity contribution is 7.86. The molecule has 0 radical (unpaired) electrons. The standard InChI is InChI=1S/C16H20N2O5S.C9H12N2O2/c1-11-4-6-12(7-5-11)24(20,21)23-9-8-13-14(17)10-18(2)15(13)16(19)22-3;1-11-5-7-6(3-4-10-7)8(11)9(12)13-2/h4-7,10H,8-9,17H2,1-3H3;5,10H,3-4H2,1-2H3. The number of benzene rings is 1. The van der Waals surface area contributed by atoms with E-state index in [9.17, 15) is 18.0 Å². The topological polar surface area (TPSA) is 144 Å². The Kier molecular flexibility index (Phi) is 8.66. The normalized spacial score (nSPS) is 12.2. The summed E-state index contributed by atoms with van der Waals surface area (Å²) in [4.78, 5) is 23.3. The Hall–Kier alpha value is -3.77. The Labute approximate surface area is 216 Å². The molecule has 0 spiro atoms. The molecule has 0 saturated heterocycles. The van der Waals surface area contributed by atoms with E-state index in [0.29, 0.717) is 16.9 Å². The Balaban J connectivity index is 0.000000244. The molecule has 200 valence electrons. The van der Waals surface area contributed by atoms with Gasteiger partial charge in [0.2, 0.25) is 0 Å². The quantitative estimate of drug-likeness (QED) is 0.346. The fraction of sp³-hybridized carbons (Fsp3) is 0.360. The van der Waals surface area contributed by atoms with Crippen molar-refractivity contribution in [1.82, 2.24) is 9.13 Å². The maximum Gasteiger partial charge on any atom is 0.355 e. The lowest BCUT2D eigenvalue weighted by atomic mass is 10.1. The van der Waals surface area contributed by atoms with E-state index >= 15 is 0 Å². The van der Waals surface area contributed by atoms with Crippen LogP contribution in [0.1, 0.15) is 37.7 Å². The van der Waals surface area contributed by atoms with Gasteiger partial charge in [0.1, 0.15) is 11.4 Å². The predicted octanol–water partition coefficient (Wildman–Crippen LogP) is 2.43. The molecule has 0 atom stereocenters. The molecule has 4 rings (SSSR count).